The lowest BCUT2D eigenvalue weighted by Gasteiger charge is -2.23. The van der Waals surface area contributed by atoms with Crippen molar-refractivity contribution in [3.8, 4) is 6.07 Å². The number of carbonyl (C=O) groups excluding carboxylic acids is 1. The Morgan fingerprint density at radius 3 is 2.50 bits per heavy atom. The van der Waals surface area contributed by atoms with E-state index in [1.54, 1.807) is 42.6 Å². The van der Waals surface area contributed by atoms with Gasteiger partial charge < -0.3 is 4.74 Å². The number of hydrogen-bond acceptors (Lipinski definition) is 6. The smallest absolute Gasteiger partial charge is 0.331 e. The predicted octanol–water partition coefficient (Wildman–Crippen LogP) is 2.94. The molecule has 1 aromatic heterocycles. The summed E-state index contributed by atoms with van der Waals surface area (Å²) in [6.45, 7) is 1.77. The molecule has 0 spiro atoms. The van der Waals surface area contributed by atoms with E-state index in [1.807, 2.05) is 6.07 Å². The van der Waals surface area contributed by atoms with Gasteiger partial charge in [-0.1, -0.05) is 24.3 Å². The van der Waals surface area contributed by atoms with Crippen molar-refractivity contribution >= 4 is 27.1 Å². The topological polar surface area (TPSA) is 84.2 Å². The zero-order valence-electron chi connectivity index (χ0n) is 13.1. The molecule has 0 fully saturated rings. The molecule has 0 aliphatic heterocycles. The summed E-state index contributed by atoms with van der Waals surface area (Å²) in [7, 11) is -3.60. The zero-order valence-corrected chi connectivity index (χ0v) is 14.8. The van der Waals surface area contributed by atoms with Gasteiger partial charge in [0, 0.05) is 4.88 Å². The molecule has 126 valence electrons. The first-order valence-corrected chi connectivity index (χ1v) is 9.90. The van der Waals surface area contributed by atoms with Crippen molar-refractivity contribution in [2.75, 3.05) is 12.4 Å². The standard InChI is InChI=1S/C17H17NO4S2/c1-2-22-16(19)17(13-18,15-9-6-11-23-15)10-12-24(20,21)14-7-4-3-5-8-14/h3-9,11H,2,10,12H2,1H3. The van der Waals surface area contributed by atoms with Crippen molar-refractivity contribution in [3.05, 3.63) is 52.7 Å². The number of esters is 1. The van der Waals surface area contributed by atoms with E-state index < -0.39 is 21.2 Å². The quantitative estimate of drug-likeness (QED) is 0.706. The van der Waals surface area contributed by atoms with E-state index in [4.69, 9.17) is 4.74 Å². The maximum Gasteiger partial charge on any atom is 0.331 e. The van der Waals surface area contributed by atoms with Crippen LogP contribution in [0.2, 0.25) is 0 Å². The van der Waals surface area contributed by atoms with E-state index in [0.29, 0.717) is 4.88 Å². The van der Waals surface area contributed by atoms with E-state index in [-0.39, 0.29) is 23.7 Å². The summed E-state index contributed by atoms with van der Waals surface area (Å²) in [5.41, 5.74) is -1.61. The average molecular weight is 363 g/mol. The van der Waals surface area contributed by atoms with Gasteiger partial charge in [-0.25, -0.2) is 13.2 Å². The van der Waals surface area contributed by atoms with Crippen LogP contribution in [0.15, 0.2) is 52.7 Å². The second-order valence-corrected chi connectivity index (χ2v) is 8.15. The highest BCUT2D eigenvalue weighted by Gasteiger charge is 2.44. The number of nitrogens with zero attached hydrogens (tertiary/aromatic N) is 1. The number of hydrogen-bond donors (Lipinski definition) is 0. The van der Waals surface area contributed by atoms with Crippen molar-refractivity contribution in [2.24, 2.45) is 0 Å². The van der Waals surface area contributed by atoms with E-state index >= 15 is 0 Å². The van der Waals surface area contributed by atoms with Crippen LogP contribution >= 0.6 is 11.3 Å². The first-order chi connectivity index (χ1) is 11.5. The van der Waals surface area contributed by atoms with Crippen LogP contribution in [0.5, 0.6) is 0 Å². The summed E-state index contributed by atoms with van der Waals surface area (Å²) in [4.78, 5) is 13.1. The van der Waals surface area contributed by atoms with Crippen LogP contribution in [0.3, 0.4) is 0 Å². The summed E-state index contributed by atoms with van der Waals surface area (Å²) >= 11 is 1.24. The number of nitriles is 1. The maximum absolute atomic E-state index is 12.5. The maximum atomic E-state index is 12.5. The summed E-state index contributed by atoms with van der Waals surface area (Å²) in [5, 5.41) is 11.4. The minimum absolute atomic E-state index is 0.124. The van der Waals surface area contributed by atoms with Crippen LogP contribution in [0, 0.1) is 11.3 Å². The Balaban J connectivity index is 2.33. The van der Waals surface area contributed by atoms with Gasteiger partial charge in [0.1, 0.15) is 0 Å². The molecule has 1 aromatic carbocycles. The molecule has 5 nitrogen and oxygen atoms in total. The molecule has 1 unspecified atom stereocenters. The van der Waals surface area contributed by atoms with E-state index in [1.165, 1.54) is 23.5 Å². The largest absolute Gasteiger partial charge is 0.465 e. The first-order valence-electron chi connectivity index (χ1n) is 7.36. The van der Waals surface area contributed by atoms with Crippen LogP contribution in [0.25, 0.3) is 0 Å². The molecule has 1 atom stereocenters. The summed E-state index contributed by atoms with van der Waals surface area (Å²) in [6.07, 6.45) is -0.153. The number of ether oxygens (including phenoxy) is 1. The fraction of sp³-hybridized carbons (Fsp3) is 0.294. The van der Waals surface area contributed by atoms with Crippen molar-refractivity contribution in [3.63, 3.8) is 0 Å². The van der Waals surface area contributed by atoms with Gasteiger partial charge in [0.15, 0.2) is 15.3 Å². The Bertz CT molecular complexity index is 823. The van der Waals surface area contributed by atoms with Crippen molar-refractivity contribution in [1.29, 1.82) is 5.26 Å². The van der Waals surface area contributed by atoms with Gasteiger partial charge in [-0.15, -0.1) is 11.3 Å². The van der Waals surface area contributed by atoms with Gasteiger partial charge in [0.25, 0.3) is 0 Å². The Morgan fingerprint density at radius 1 is 1.25 bits per heavy atom. The second-order valence-electron chi connectivity index (χ2n) is 5.10. The lowest BCUT2D eigenvalue weighted by atomic mass is 9.85. The Kier molecular flexibility index (Phi) is 5.75. The first kappa shape index (κ1) is 18.2. The van der Waals surface area contributed by atoms with E-state index in [0.717, 1.165) is 0 Å². The van der Waals surface area contributed by atoms with Crippen molar-refractivity contribution < 1.29 is 17.9 Å². The molecule has 7 heteroatoms. The van der Waals surface area contributed by atoms with Crippen LogP contribution < -0.4 is 0 Å². The molecule has 0 aliphatic rings. The number of benzene rings is 1. The third-order valence-electron chi connectivity index (χ3n) is 3.60. The predicted molar refractivity (Wildman–Crippen MR) is 91.4 cm³/mol. The van der Waals surface area contributed by atoms with Gasteiger partial charge in [-0.3, -0.25) is 0 Å². The molecular weight excluding hydrogens is 346 g/mol. The SMILES string of the molecule is CCOC(=O)C(C#N)(CCS(=O)(=O)c1ccccc1)c1cccs1. The molecule has 0 saturated carbocycles. The third kappa shape index (κ3) is 3.66. The molecule has 0 radical (unpaired) electrons. The highest BCUT2D eigenvalue weighted by Crippen LogP contribution is 2.34. The highest BCUT2D eigenvalue weighted by molar-refractivity contribution is 7.91. The number of rotatable bonds is 7. The van der Waals surface area contributed by atoms with Gasteiger partial charge in [0.05, 0.1) is 23.3 Å². The summed E-state index contributed by atoms with van der Waals surface area (Å²) in [6, 6.07) is 13.4. The molecule has 0 saturated heterocycles. The lowest BCUT2D eigenvalue weighted by Crippen LogP contribution is -2.37. The van der Waals surface area contributed by atoms with Gasteiger partial charge in [0.2, 0.25) is 0 Å². The summed E-state index contributed by atoms with van der Waals surface area (Å²) in [5.74, 6) is -1.03. The van der Waals surface area contributed by atoms with E-state index in [9.17, 15) is 18.5 Å². The molecule has 1 heterocycles. The van der Waals surface area contributed by atoms with Crippen molar-refractivity contribution in [2.45, 2.75) is 23.7 Å². The fourth-order valence-electron chi connectivity index (χ4n) is 2.29. The Morgan fingerprint density at radius 2 is 1.96 bits per heavy atom. The Hall–Kier alpha value is -2.17. The molecule has 2 aromatic rings. The van der Waals surface area contributed by atoms with E-state index in [2.05, 4.69) is 0 Å². The third-order valence-corrected chi connectivity index (χ3v) is 6.37. The van der Waals surface area contributed by atoms with Crippen molar-refractivity contribution in [1.82, 2.24) is 0 Å². The van der Waals surface area contributed by atoms with Crippen LogP contribution in [0.1, 0.15) is 18.2 Å². The summed E-state index contributed by atoms with van der Waals surface area (Å²) < 4.78 is 30.0. The minimum atomic E-state index is -3.60. The van der Waals surface area contributed by atoms with Crippen LogP contribution in [0.4, 0.5) is 0 Å². The highest BCUT2D eigenvalue weighted by atomic mass is 32.2. The number of sulfone groups is 1. The average Bonchev–Trinajstić information content (AvgIpc) is 3.12. The monoisotopic (exact) mass is 363 g/mol. The molecule has 24 heavy (non-hydrogen) atoms. The molecule has 0 N–H and O–H groups in total. The Labute approximate surface area is 145 Å². The molecule has 0 aliphatic carbocycles. The van der Waals surface area contributed by atoms with Crippen LogP contribution in [-0.2, 0) is 24.8 Å². The van der Waals surface area contributed by atoms with Crippen LogP contribution in [-0.4, -0.2) is 26.7 Å². The van der Waals surface area contributed by atoms with Gasteiger partial charge in [-0.05, 0) is 36.9 Å². The molecule has 0 amide bonds. The second kappa shape index (κ2) is 7.60. The number of thiophene rings is 1. The van der Waals surface area contributed by atoms with Gasteiger partial charge >= 0.3 is 5.97 Å². The van der Waals surface area contributed by atoms with Gasteiger partial charge in [-0.2, -0.15) is 5.26 Å². The normalized spacial score (nSPS) is 13.7. The molecule has 0 bridgehead atoms. The molecular formula is C17H17NO4S2. The number of carbonyl (C=O) groups is 1. The molecule has 2 rings (SSSR count). The fourth-order valence-corrected chi connectivity index (χ4v) is 4.57. The lowest BCUT2D eigenvalue weighted by molar-refractivity contribution is -0.147. The minimum Gasteiger partial charge on any atom is -0.465 e. The zero-order chi connectivity index (χ0) is 17.6.